The Morgan fingerprint density at radius 1 is 1.21 bits per heavy atom. The van der Waals surface area contributed by atoms with Gasteiger partial charge in [0.15, 0.2) is 6.10 Å². The molecule has 0 aliphatic carbocycles. The van der Waals surface area contributed by atoms with Crippen molar-refractivity contribution in [3.8, 4) is 17.1 Å². The monoisotopic (exact) mass is 419 g/mol. The largest absolute Gasteiger partial charge is 0.481 e. The van der Waals surface area contributed by atoms with Gasteiger partial charge in [0.2, 0.25) is 11.7 Å². The average molecular weight is 420 g/mol. The SMILES string of the molecule is Cc1cc(O[C@@H](C)C(=O)N(C)Cc2nc(-c3ccc(Cl)cc3)no2)ccc1Cl. The van der Waals surface area contributed by atoms with E-state index >= 15 is 0 Å². The number of carbonyl (C=O) groups excluding carboxylic acids is 1. The summed E-state index contributed by atoms with van der Waals surface area (Å²) in [7, 11) is 1.65. The lowest BCUT2D eigenvalue weighted by Crippen LogP contribution is -2.37. The number of ether oxygens (including phenoxy) is 1. The minimum atomic E-state index is -0.677. The van der Waals surface area contributed by atoms with Gasteiger partial charge in [-0.2, -0.15) is 4.98 Å². The summed E-state index contributed by atoms with van der Waals surface area (Å²) in [6, 6.07) is 12.4. The Kier molecular flexibility index (Phi) is 6.21. The number of nitrogens with zero attached hydrogens (tertiary/aromatic N) is 3. The normalized spacial score (nSPS) is 11.9. The van der Waals surface area contributed by atoms with Crippen LogP contribution in [0.2, 0.25) is 10.0 Å². The minimum Gasteiger partial charge on any atom is -0.481 e. The lowest BCUT2D eigenvalue weighted by molar-refractivity contribution is -0.137. The molecule has 28 heavy (non-hydrogen) atoms. The molecule has 0 N–H and O–H groups in total. The number of halogens is 2. The van der Waals surface area contributed by atoms with Gasteiger partial charge in [-0.15, -0.1) is 0 Å². The predicted octanol–water partition coefficient (Wildman–Crippen LogP) is 4.78. The third-order valence-electron chi connectivity index (χ3n) is 4.11. The fourth-order valence-electron chi connectivity index (χ4n) is 2.57. The summed E-state index contributed by atoms with van der Waals surface area (Å²) in [6.45, 7) is 3.74. The molecule has 1 atom stereocenters. The van der Waals surface area contributed by atoms with Crippen LogP contribution >= 0.6 is 23.2 Å². The first-order chi connectivity index (χ1) is 13.3. The van der Waals surface area contributed by atoms with E-state index < -0.39 is 6.10 Å². The van der Waals surface area contributed by atoms with E-state index in [0.717, 1.165) is 11.1 Å². The standard InChI is InChI=1S/C20H19Cl2N3O3/c1-12-10-16(8-9-17(12)22)27-13(2)20(26)25(3)11-18-23-19(24-28-18)14-4-6-15(21)7-5-14/h4-10,13H,11H2,1-3H3/t13-/m0/s1. The number of carbonyl (C=O) groups is 1. The summed E-state index contributed by atoms with van der Waals surface area (Å²) in [5, 5.41) is 5.22. The quantitative estimate of drug-likeness (QED) is 0.574. The van der Waals surface area contributed by atoms with Crippen LogP contribution < -0.4 is 4.74 Å². The van der Waals surface area contributed by atoms with Crippen molar-refractivity contribution < 1.29 is 14.1 Å². The predicted molar refractivity (Wildman–Crippen MR) is 107 cm³/mol. The van der Waals surface area contributed by atoms with Gasteiger partial charge in [-0.3, -0.25) is 4.79 Å². The Balaban J connectivity index is 1.62. The maximum absolute atomic E-state index is 12.6. The molecule has 0 bridgehead atoms. The van der Waals surface area contributed by atoms with Gasteiger partial charge in [0.25, 0.3) is 5.91 Å². The highest BCUT2D eigenvalue weighted by molar-refractivity contribution is 6.31. The van der Waals surface area contributed by atoms with E-state index in [1.807, 2.05) is 6.92 Å². The molecule has 1 heterocycles. The average Bonchev–Trinajstić information content (AvgIpc) is 3.13. The van der Waals surface area contributed by atoms with Crippen molar-refractivity contribution in [3.05, 3.63) is 64.0 Å². The molecule has 8 heteroatoms. The number of hydrogen-bond donors (Lipinski definition) is 0. The van der Waals surface area contributed by atoms with Gasteiger partial charge in [0.1, 0.15) is 5.75 Å². The molecular formula is C20H19Cl2N3O3. The summed E-state index contributed by atoms with van der Waals surface area (Å²) in [5.74, 6) is 1.14. The number of rotatable bonds is 6. The molecule has 0 saturated carbocycles. The van der Waals surface area contributed by atoms with E-state index in [-0.39, 0.29) is 12.5 Å². The third-order valence-corrected chi connectivity index (χ3v) is 4.79. The van der Waals surface area contributed by atoms with Crippen LogP contribution in [0.3, 0.4) is 0 Å². The van der Waals surface area contributed by atoms with Crippen LogP contribution in [0.15, 0.2) is 47.0 Å². The highest BCUT2D eigenvalue weighted by Crippen LogP contribution is 2.22. The van der Waals surface area contributed by atoms with Gasteiger partial charge in [-0.25, -0.2) is 0 Å². The van der Waals surface area contributed by atoms with E-state index in [1.54, 1.807) is 56.4 Å². The van der Waals surface area contributed by atoms with Gasteiger partial charge in [-0.1, -0.05) is 28.4 Å². The Morgan fingerprint density at radius 3 is 2.61 bits per heavy atom. The molecule has 0 saturated heterocycles. The van der Waals surface area contributed by atoms with Crippen LogP contribution in [0.1, 0.15) is 18.4 Å². The van der Waals surface area contributed by atoms with Gasteiger partial charge in [0.05, 0.1) is 6.54 Å². The molecule has 0 unspecified atom stereocenters. The van der Waals surface area contributed by atoms with Crippen molar-refractivity contribution in [3.63, 3.8) is 0 Å². The molecular weight excluding hydrogens is 401 g/mol. The van der Waals surface area contributed by atoms with Gasteiger partial charge in [-0.05, 0) is 61.9 Å². The highest BCUT2D eigenvalue weighted by Gasteiger charge is 2.21. The molecule has 0 aliphatic heterocycles. The molecule has 2 aromatic carbocycles. The molecule has 1 amide bonds. The first-order valence-electron chi connectivity index (χ1n) is 8.60. The van der Waals surface area contributed by atoms with Crippen LogP contribution in [-0.2, 0) is 11.3 Å². The van der Waals surface area contributed by atoms with Gasteiger partial charge >= 0.3 is 0 Å². The first kappa shape index (κ1) is 20.2. The molecule has 3 rings (SSSR count). The summed E-state index contributed by atoms with van der Waals surface area (Å²) in [4.78, 5) is 18.4. The fourth-order valence-corrected chi connectivity index (χ4v) is 2.82. The van der Waals surface area contributed by atoms with Crippen LogP contribution in [0, 0.1) is 6.92 Å². The summed E-state index contributed by atoms with van der Waals surface area (Å²) in [6.07, 6.45) is -0.677. The Bertz CT molecular complexity index is 973. The van der Waals surface area contributed by atoms with E-state index in [4.69, 9.17) is 32.5 Å². The number of aromatic nitrogens is 2. The molecule has 146 valence electrons. The zero-order valence-corrected chi connectivity index (χ0v) is 17.2. The van der Waals surface area contributed by atoms with Crippen LogP contribution in [0.4, 0.5) is 0 Å². The molecule has 0 spiro atoms. The highest BCUT2D eigenvalue weighted by atomic mass is 35.5. The maximum Gasteiger partial charge on any atom is 0.263 e. The van der Waals surface area contributed by atoms with Crippen molar-refractivity contribution in [1.29, 1.82) is 0 Å². The van der Waals surface area contributed by atoms with Crippen molar-refractivity contribution >= 4 is 29.1 Å². The van der Waals surface area contributed by atoms with Crippen LogP contribution in [0.5, 0.6) is 5.75 Å². The molecule has 0 fully saturated rings. The molecule has 0 aliphatic rings. The number of hydrogen-bond acceptors (Lipinski definition) is 5. The first-order valence-corrected chi connectivity index (χ1v) is 9.35. The fraction of sp³-hybridized carbons (Fsp3) is 0.250. The zero-order chi connectivity index (χ0) is 20.3. The summed E-state index contributed by atoms with van der Waals surface area (Å²) in [5.41, 5.74) is 1.66. The molecule has 0 radical (unpaired) electrons. The second-order valence-corrected chi connectivity index (χ2v) is 7.23. The van der Waals surface area contributed by atoms with E-state index in [1.165, 1.54) is 4.90 Å². The number of benzene rings is 2. The molecule has 3 aromatic rings. The van der Waals surface area contributed by atoms with E-state index in [9.17, 15) is 4.79 Å². The van der Waals surface area contributed by atoms with Gasteiger partial charge in [0, 0.05) is 22.7 Å². The van der Waals surface area contributed by atoms with Crippen molar-refractivity contribution in [2.45, 2.75) is 26.5 Å². The summed E-state index contributed by atoms with van der Waals surface area (Å²) >= 11 is 11.9. The second-order valence-electron chi connectivity index (χ2n) is 6.38. The lowest BCUT2D eigenvalue weighted by Gasteiger charge is -2.21. The van der Waals surface area contributed by atoms with Crippen molar-refractivity contribution in [2.75, 3.05) is 7.05 Å². The van der Waals surface area contributed by atoms with Crippen LogP contribution in [0.25, 0.3) is 11.4 Å². The molecule has 1 aromatic heterocycles. The summed E-state index contributed by atoms with van der Waals surface area (Å²) < 4.78 is 11.0. The Morgan fingerprint density at radius 2 is 1.93 bits per heavy atom. The lowest BCUT2D eigenvalue weighted by atomic mass is 10.2. The van der Waals surface area contributed by atoms with Crippen molar-refractivity contribution in [1.82, 2.24) is 15.0 Å². The Hall–Kier alpha value is -2.57. The zero-order valence-electron chi connectivity index (χ0n) is 15.6. The second kappa shape index (κ2) is 8.63. The maximum atomic E-state index is 12.6. The van der Waals surface area contributed by atoms with Gasteiger partial charge < -0.3 is 14.2 Å². The van der Waals surface area contributed by atoms with E-state index in [0.29, 0.717) is 27.5 Å². The topological polar surface area (TPSA) is 68.5 Å². The number of amides is 1. The van der Waals surface area contributed by atoms with Crippen molar-refractivity contribution in [2.24, 2.45) is 0 Å². The smallest absolute Gasteiger partial charge is 0.263 e. The third kappa shape index (κ3) is 4.82. The van der Waals surface area contributed by atoms with Crippen LogP contribution in [-0.4, -0.2) is 34.1 Å². The number of aryl methyl sites for hydroxylation is 1. The number of likely N-dealkylation sites (N-methyl/N-ethyl adjacent to an activating group) is 1. The molecule has 6 nitrogen and oxygen atoms in total. The Labute approximate surface area is 173 Å². The minimum absolute atomic E-state index is 0.173. The van der Waals surface area contributed by atoms with E-state index in [2.05, 4.69) is 10.1 Å².